The van der Waals surface area contributed by atoms with Gasteiger partial charge in [-0.05, 0) is 24.1 Å². The highest BCUT2D eigenvalue weighted by Crippen LogP contribution is 2.22. The van der Waals surface area contributed by atoms with Crippen LogP contribution in [0.3, 0.4) is 0 Å². The number of hydrogen-bond acceptors (Lipinski definition) is 4. The average Bonchev–Trinajstić information content (AvgIpc) is 2.52. The third-order valence-corrected chi connectivity index (χ3v) is 4.00. The van der Waals surface area contributed by atoms with E-state index in [1.807, 2.05) is 23.1 Å². The number of carbonyl (C=O) groups is 2. The van der Waals surface area contributed by atoms with E-state index in [2.05, 4.69) is 0 Å². The minimum Gasteiger partial charge on any atom is -0.495 e. The van der Waals surface area contributed by atoms with Crippen LogP contribution in [0.1, 0.15) is 18.9 Å². The molecule has 2 N–H and O–H groups in total. The van der Waals surface area contributed by atoms with Gasteiger partial charge in [-0.2, -0.15) is 0 Å². The summed E-state index contributed by atoms with van der Waals surface area (Å²) < 4.78 is 5.12. The van der Waals surface area contributed by atoms with Gasteiger partial charge in [0.05, 0.1) is 12.8 Å². The second kappa shape index (κ2) is 7.15. The minimum absolute atomic E-state index is 0.0702. The van der Waals surface area contributed by atoms with Crippen molar-refractivity contribution in [3.05, 3.63) is 23.8 Å². The topological polar surface area (TPSA) is 75.9 Å². The maximum Gasteiger partial charge on any atom is 0.223 e. The van der Waals surface area contributed by atoms with Crippen molar-refractivity contribution in [1.29, 1.82) is 0 Å². The molecule has 1 heterocycles. The SMILES string of the molecule is COc1ccc(CCC(=O)N2CCN(C(C)=O)CC2)cc1N. The van der Waals surface area contributed by atoms with Crippen LogP contribution >= 0.6 is 0 Å². The Morgan fingerprint density at radius 1 is 1.18 bits per heavy atom. The van der Waals surface area contributed by atoms with Gasteiger partial charge in [0.1, 0.15) is 5.75 Å². The Kier molecular flexibility index (Phi) is 5.25. The molecule has 0 saturated carbocycles. The predicted molar refractivity (Wildman–Crippen MR) is 84.6 cm³/mol. The molecule has 0 radical (unpaired) electrons. The number of carbonyl (C=O) groups excluding carboxylic acids is 2. The Bertz CT molecular complexity index is 552. The van der Waals surface area contributed by atoms with Crippen LogP contribution in [0.25, 0.3) is 0 Å². The molecular formula is C16H23N3O3. The van der Waals surface area contributed by atoms with E-state index in [4.69, 9.17) is 10.5 Å². The number of methoxy groups -OCH3 is 1. The van der Waals surface area contributed by atoms with Crippen molar-refractivity contribution in [2.45, 2.75) is 19.8 Å². The van der Waals surface area contributed by atoms with Gasteiger partial charge in [-0.1, -0.05) is 6.07 Å². The fourth-order valence-electron chi connectivity index (χ4n) is 2.62. The molecule has 2 rings (SSSR count). The third-order valence-electron chi connectivity index (χ3n) is 4.00. The average molecular weight is 305 g/mol. The number of nitrogens with zero attached hydrogens (tertiary/aromatic N) is 2. The van der Waals surface area contributed by atoms with Crippen LogP contribution in [0.4, 0.5) is 5.69 Å². The second-order valence-corrected chi connectivity index (χ2v) is 5.46. The maximum atomic E-state index is 12.2. The summed E-state index contributed by atoms with van der Waals surface area (Å²) in [7, 11) is 1.58. The van der Waals surface area contributed by atoms with E-state index in [9.17, 15) is 9.59 Å². The molecule has 0 atom stereocenters. The Hall–Kier alpha value is -2.24. The summed E-state index contributed by atoms with van der Waals surface area (Å²) in [6.07, 6.45) is 1.10. The zero-order valence-electron chi connectivity index (χ0n) is 13.2. The van der Waals surface area contributed by atoms with Gasteiger partial charge in [0, 0.05) is 39.5 Å². The van der Waals surface area contributed by atoms with Crippen molar-refractivity contribution in [2.75, 3.05) is 39.0 Å². The summed E-state index contributed by atoms with van der Waals surface area (Å²) >= 11 is 0. The van der Waals surface area contributed by atoms with Gasteiger partial charge in [-0.15, -0.1) is 0 Å². The highest BCUT2D eigenvalue weighted by Gasteiger charge is 2.21. The number of nitrogens with two attached hydrogens (primary N) is 1. The van der Waals surface area contributed by atoms with Crippen molar-refractivity contribution in [2.24, 2.45) is 0 Å². The van der Waals surface area contributed by atoms with E-state index in [1.165, 1.54) is 0 Å². The Labute approximate surface area is 130 Å². The second-order valence-electron chi connectivity index (χ2n) is 5.46. The number of hydrogen-bond donors (Lipinski definition) is 1. The number of rotatable bonds is 4. The van der Waals surface area contributed by atoms with Gasteiger partial charge < -0.3 is 20.3 Å². The zero-order chi connectivity index (χ0) is 16.1. The van der Waals surface area contributed by atoms with Crippen molar-refractivity contribution in [3.63, 3.8) is 0 Å². The summed E-state index contributed by atoms with van der Waals surface area (Å²) in [5, 5.41) is 0. The van der Waals surface area contributed by atoms with Crippen molar-refractivity contribution in [1.82, 2.24) is 9.80 Å². The Morgan fingerprint density at radius 2 is 1.82 bits per heavy atom. The molecule has 1 aromatic rings. The summed E-state index contributed by atoms with van der Waals surface area (Å²) in [5.74, 6) is 0.842. The van der Waals surface area contributed by atoms with Crippen LogP contribution in [0.15, 0.2) is 18.2 Å². The van der Waals surface area contributed by atoms with Gasteiger partial charge in [0.15, 0.2) is 0 Å². The summed E-state index contributed by atoms with van der Waals surface area (Å²) in [5.41, 5.74) is 7.47. The first-order valence-electron chi connectivity index (χ1n) is 7.47. The van der Waals surface area contributed by atoms with Crippen LogP contribution in [0, 0.1) is 0 Å². The first-order chi connectivity index (χ1) is 10.5. The molecule has 6 nitrogen and oxygen atoms in total. The van der Waals surface area contributed by atoms with Crippen LogP contribution in [0.5, 0.6) is 5.75 Å². The lowest BCUT2D eigenvalue weighted by molar-refractivity contribution is -0.138. The van der Waals surface area contributed by atoms with E-state index in [0.29, 0.717) is 50.5 Å². The highest BCUT2D eigenvalue weighted by atomic mass is 16.5. The zero-order valence-corrected chi connectivity index (χ0v) is 13.2. The van der Waals surface area contributed by atoms with Crippen LogP contribution in [-0.2, 0) is 16.0 Å². The predicted octanol–water partition coefficient (Wildman–Crippen LogP) is 0.901. The van der Waals surface area contributed by atoms with E-state index in [0.717, 1.165) is 5.56 Å². The molecule has 22 heavy (non-hydrogen) atoms. The van der Waals surface area contributed by atoms with E-state index in [-0.39, 0.29) is 11.8 Å². The number of piperazine rings is 1. The quantitative estimate of drug-likeness (QED) is 0.839. The number of ether oxygens (including phenoxy) is 1. The molecule has 2 amide bonds. The van der Waals surface area contributed by atoms with Crippen molar-refractivity contribution < 1.29 is 14.3 Å². The monoisotopic (exact) mass is 305 g/mol. The Morgan fingerprint density at radius 3 is 2.36 bits per heavy atom. The lowest BCUT2D eigenvalue weighted by atomic mass is 10.1. The fourth-order valence-corrected chi connectivity index (χ4v) is 2.62. The molecule has 0 bridgehead atoms. The summed E-state index contributed by atoms with van der Waals surface area (Å²) in [6.45, 7) is 4.03. The number of amides is 2. The molecule has 1 aliphatic rings. The van der Waals surface area contributed by atoms with Crippen molar-refractivity contribution >= 4 is 17.5 Å². The molecule has 0 aromatic heterocycles. The molecule has 0 spiro atoms. The molecular weight excluding hydrogens is 282 g/mol. The van der Waals surface area contributed by atoms with Gasteiger partial charge in [-0.25, -0.2) is 0 Å². The van der Waals surface area contributed by atoms with Gasteiger partial charge in [0.2, 0.25) is 11.8 Å². The number of aryl methyl sites for hydroxylation is 1. The maximum absolute atomic E-state index is 12.2. The molecule has 1 aliphatic heterocycles. The highest BCUT2D eigenvalue weighted by molar-refractivity contribution is 5.77. The largest absolute Gasteiger partial charge is 0.495 e. The number of anilines is 1. The number of nitrogen functional groups attached to an aromatic ring is 1. The summed E-state index contributed by atoms with van der Waals surface area (Å²) in [6, 6.07) is 5.59. The van der Waals surface area contributed by atoms with E-state index >= 15 is 0 Å². The van der Waals surface area contributed by atoms with Crippen LogP contribution in [0.2, 0.25) is 0 Å². The van der Waals surface area contributed by atoms with Gasteiger partial charge in [-0.3, -0.25) is 9.59 Å². The van der Waals surface area contributed by atoms with E-state index < -0.39 is 0 Å². The molecule has 0 aliphatic carbocycles. The molecule has 120 valence electrons. The van der Waals surface area contributed by atoms with Crippen LogP contribution < -0.4 is 10.5 Å². The smallest absolute Gasteiger partial charge is 0.223 e. The molecule has 6 heteroatoms. The molecule has 0 unspecified atom stereocenters. The lowest BCUT2D eigenvalue weighted by Gasteiger charge is -2.34. The normalized spacial score (nSPS) is 14.8. The molecule has 1 fully saturated rings. The molecule has 1 aromatic carbocycles. The van der Waals surface area contributed by atoms with Crippen molar-refractivity contribution in [3.8, 4) is 5.75 Å². The first-order valence-corrected chi connectivity index (χ1v) is 7.47. The summed E-state index contributed by atoms with van der Waals surface area (Å²) in [4.78, 5) is 27.1. The standard InChI is InChI=1S/C16H23N3O3/c1-12(20)18-7-9-19(10-8-18)16(21)6-4-13-3-5-15(22-2)14(17)11-13/h3,5,11H,4,6-10,17H2,1-2H3. The van der Waals surface area contributed by atoms with Crippen LogP contribution in [-0.4, -0.2) is 54.9 Å². The van der Waals surface area contributed by atoms with Gasteiger partial charge in [0.25, 0.3) is 0 Å². The number of benzene rings is 1. The minimum atomic E-state index is 0.0702. The van der Waals surface area contributed by atoms with Gasteiger partial charge >= 0.3 is 0 Å². The lowest BCUT2D eigenvalue weighted by Crippen LogP contribution is -2.50. The first kappa shape index (κ1) is 16.1. The third kappa shape index (κ3) is 3.90. The molecule has 1 saturated heterocycles. The fraction of sp³-hybridized carbons (Fsp3) is 0.500. The van der Waals surface area contributed by atoms with E-state index in [1.54, 1.807) is 18.9 Å². The Balaban J connectivity index is 1.83.